The van der Waals surface area contributed by atoms with E-state index in [4.69, 9.17) is 5.73 Å². The lowest BCUT2D eigenvalue weighted by atomic mass is 9.88. The molecule has 1 aliphatic rings. The normalized spacial score (nSPS) is 22.9. The summed E-state index contributed by atoms with van der Waals surface area (Å²) in [6.07, 6.45) is 3.47. The highest BCUT2D eigenvalue weighted by Crippen LogP contribution is 2.33. The van der Waals surface area contributed by atoms with Crippen molar-refractivity contribution < 1.29 is 4.92 Å². The van der Waals surface area contributed by atoms with Crippen LogP contribution in [0.3, 0.4) is 0 Å². The zero-order chi connectivity index (χ0) is 14.7. The van der Waals surface area contributed by atoms with E-state index in [0.717, 1.165) is 28.1 Å². The predicted octanol–water partition coefficient (Wildman–Crippen LogP) is 3.15. The van der Waals surface area contributed by atoms with Crippen molar-refractivity contribution in [3.8, 4) is 0 Å². The molecule has 1 aliphatic heterocycles. The van der Waals surface area contributed by atoms with Gasteiger partial charge in [0.2, 0.25) is 0 Å². The summed E-state index contributed by atoms with van der Waals surface area (Å²) in [5, 5.41) is 10.8. The Labute approximate surface area is 132 Å². The number of hydrogen-bond acceptors (Lipinski definition) is 4. The van der Waals surface area contributed by atoms with Crippen LogP contribution in [0.1, 0.15) is 26.2 Å². The molecule has 110 valence electrons. The van der Waals surface area contributed by atoms with Crippen molar-refractivity contribution in [1.29, 1.82) is 0 Å². The van der Waals surface area contributed by atoms with Crippen LogP contribution >= 0.6 is 22.6 Å². The minimum absolute atomic E-state index is 0.144. The van der Waals surface area contributed by atoms with Crippen molar-refractivity contribution in [2.45, 2.75) is 32.2 Å². The topological polar surface area (TPSA) is 72.4 Å². The fourth-order valence-corrected chi connectivity index (χ4v) is 3.70. The maximum atomic E-state index is 10.8. The molecule has 0 radical (unpaired) electrons. The SMILES string of the molecule is CCC1CCN(c2ccc([N+](=O)[O-])cc2I)C(CN)C1. The highest BCUT2D eigenvalue weighted by molar-refractivity contribution is 14.1. The van der Waals surface area contributed by atoms with Crippen LogP contribution in [-0.4, -0.2) is 24.1 Å². The molecule has 0 aromatic heterocycles. The van der Waals surface area contributed by atoms with Gasteiger partial charge in [-0.3, -0.25) is 10.1 Å². The molecule has 0 spiro atoms. The molecule has 1 aromatic rings. The van der Waals surface area contributed by atoms with E-state index < -0.39 is 0 Å². The van der Waals surface area contributed by atoms with Gasteiger partial charge < -0.3 is 10.6 Å². The Morgan fingerprint density at radius 1 is 1.55 bits per heavy atom. The van der Waals surface area contributed by atoms with Crippen LogP contribution in [0.15, 0.2) is 18.2 Å². The second-order valence-corrected chi connectivity index (χ2v) is 6.44. The summed E-state index contributed by atoms with van der Waals surface area (Å²) >= 11 is 2.18. The summed E-state index contributed by atoms with van der Waals surface area (Å²) in [5.74, 6) is 0.746. The van der Waals surface area contributed by atoms with E-state index in [2.05, 4.69) is 34.4 Å². The molecule has 0 aliphatic carbocycles. The Morgan fingerprint density at radius 3 is 2.85 bits per heavy atom. The molecule has 2 rings (SSSR count). The van der Waals surface area contributed by atoms with E-state index in [0.29, 0.717) is 12.6 Å². The molecule has 0 amide bonds. The minimum atomic E-state index is -0.352. The highest BCUT2D eigenvalue weighted by atomic mass is 127. The highest BCUT2D eigenvalue weighted by Gasteiger charge is 2.28. The van der Waals surface area contributed by atoms with Crippen molar-refractivity contribution in [2.24, 2.45) is 11.7 Å². The molecule has 5 nitrogen and oxygen atoms in total. The number of rotatable bonds is 4. The number of halogens is 1. The third kappa shape index (κ3) is 3.22. The van der Waals surface area contributed by atoms with Crippen LogP contribution in [0, 0.1) is 19.6 Å². The molecule has 20 heavy (non-hydrogen) atoms. The zero-order valence-electron chi connectivity index (χ0n) is 11.6. The third-order valence-corrected chi connectivity index (χ3v) is 4.99. The molecular formula is C14H20IN3O2. The molecule has 2 N–H and O–H groups in total. The number of piperidine rings is 1. The molecule has 0 bridgehead atoms. The second-order valence-electron chi connectivity index (χ2n) is 5.27. The Balaban J connectivity index is 2.24. The van der Waals surface area contributed by atoms with E-state index in [1.165, 1.54) is 12.8 Å². The molecule has 1 aromatic carbocycles. The third-order valence-electron chi connectivity index (χ3n) is 4.13. The zero-order valence-corrected chi connectivity index (χ0v) is 13.7. The lowest BCUT2D eigenvalue weighted by Crippen LogP contribution is -2.47. The van der Waals surface area contributed by atoms with Crippen LogP contribution in [0.25, 0.3) is 0 Å². The van der Waals surface area contributed by atoms with Crippen molar-refractivity contribution in [3.05, 3.63) is 31.9 Å². The lowest BCUT2D eigenvalue weighted by Gasteiger charge is -2.40. The molecule has 1 saturated heterocycles. The van der Waals surface area contributed by atoms with Gasteiger partial charge in [0.1, 0.15) is 0 Å². The number of non-ortho nitro benzene ring substituents is 1. The number of anilines is 1. The van der Waals surface area contributed by atoms with Gasteiger partial charge in [0.05, 0.1) is 10.6 Å². The van der Waals surface area contributed by atoms with E-state index in [-0.39, 0.29) is 10.6 Å². The van der Waals surface area contributed by atoms with Gasteiger partial charge in [-0.1, -0.05) is 13.3 Å². The predicted molar refractivity (Wildman–Crippen MR) is 89.0 cm³/mol. The monoisotopic (exact) mass is 389 g/mol. The van der Waals surface area contributed by atoms with Crippen molar-refractivity contribution in [2.75, 3.05) is 18.0 Å². The number of nitro groups is 1. The number of nitro benzene ring substituents is 1. The van der Waals surface area contributed by atoms with E-state index in [9.17, 15) is 10.1 Å². The number of nitrogens with two attached hydrogens (primary N) is 1. The number of benzene rings is 1. The fourth-order valence-electron chi connectivity index (χ4n) is 2.89. The number of nitrogens with zero attached hydrogens (tertiary/aromatic N) is 2. The Bertz CT molecular complexity index is 495. The van der Waals surface area contributed by atoms with Gasteiger partial charge in [0.25, 0.3) is 5.69 Å². The summed E-state index contributed by atoms with van der Waals surface area (Å²) < 4.78 is 0.921. The van der Waals surface area contributed by atoms with Gasteiger partial charge in [-0.05, 0) is 47.4 Å². The van der Waals surface area contributed by atoms with Crippen LogP contribution in [0.4, 0.5) is 11.4 Å². The first-order valence-corrected chi connectivity index (χ1v) is 8.05. The van der Waals surface area contributed by atoms with Gasteiger partial charge in [-0.15, -0.1) is 0 Å². The number of hydrogen-bond donors (Lipinski definition) is 1. The first kappa shape index (κ1) is 15.5. The van der Waals surface area contributed by atoms with E-state index >= 15 is 0 Å². The van der Waals surface area contributed by atoms with Crippen LogP contribution < -0.4 is 10.6 Å². The van der Waals surface area contributed by atoms with Crippen LogP contribution in [0.2, 0.25) is 0 Å². The van der Waals surface area contributed by atoms with Crippen LogP contribution in [-0.2, 0) is 0 Å². The summed E-state index contributed by atoms with van der Waals surface area (Å²) in [7, 11) is 0. The van der Waals surface area contributed by atoms with Gasteiger partial charge in [-0.25, -0.2) is 0 Å². The Kier molecular flexibility index (Phi) is 5.20. The van der Waals surface area contributed by atoms with Gasteiger partial charge in [0, 0.05) is 34.8 Å². The standard InChI is InChI=1S/C14H20IN3O2/c1-2-10-5-6-17(12(7-10)9-16)14-4-3-11(18(19)20)8-13(14)15/h3-4,8,10,12H,2,5-7,9,16H2,1H3. The van der Waals surface area contributed by atoms with Gasteiger partial charge in [-0.2, -0.15) is 0 Å². The van der Waals surface area contributed by atoms with E-state index in [1.807, 2.05) is 6.07 Å². The van der Waals surface area contributed by atoms with Gasteiger partial charge in [0.15, 0.2) is 0 Å². The summed E-state index contributed by atoms with van der Waals surface area (Å²) in [6, 6.07) is 5.41. The molecular weight excluding hydrogens is 369 g/mol. The average Bonchev–Trinajstić information content (AvgIpc) is 2.46. The van der Waals surface area contributed by atoms with Crippen molar-refractivity contribution >= 4 is 34.0 Å². The maximum Gasteiger partial charge on any atom is 0.270 e. The lowest BCUT2D eigenvalue weighted by molar-refractivity contribution is -0.384. The minimum Gasteiger partial charge on any atom is -0.366 e. The summed E-state index contributed by atoms with van der Waals surface area (Å²) in [6.45, 7) is 3.83. The smallest absolute Gasteiger partial charge is 0.270 e. The van der Waals surface area contributed by atoms with Crippen molar-refractivity contribution in [1.82, 2.24) is 0 Å². The first-order valence-electron chi connectivity index (χ1n) is 6.97. The summed E-state index contributed by atoms with van der Waals surface area (Å²) in [4.78, 5) is 12.8. The quantitative estimate of drug-likeness (QED) is 0.488. The molecule has 2 unspecified atom stereocenters. The average molecular weight is 389 g/mol. The molecule has 2 atom stereocenters. The molecule has 1 fully saturated rings. The van der Waals surface area contributed by atoms with E-state index in [1.54, 1.807) is 12.1 Å². The first-order chi connectivity index (χ1) is 9.56. The molecule has 0 saturated carbocycles. The maximum absolute atomic E-state index is 10.8. The second kappa shape index (κ2) is 6.71. The summed E-state index contributed by atoms with van der Waals surface area (Å²) in [5.41, 5.74) is 7.14. The Morgan fingerprint density at radius 2 is 2.30 bits per heavy atom. The van der Waals surface area contributed by atoms with Crippen LogP contribution in [0.5, 0.6) is 0 Å². The molecule has 6 heteroatoms. The molecule has 1 heterocycles. The van der Waals surface area contributed by atoms with Gasteiger partial charge >= 0.3 is 0 Å². The van der Waals surface area contributed by atoms with Crippen molar-refractivity contribution in [3.63, 3.8) is 0 Å². The largest absolute Gasteiger partial charge is 0.366 e. The Hall–Kier alpha value is -0.890. The fraction of sp³-hybridized carbons (Fsp3) is 0.571.